The van der Waals surface area contributed by atoms with E-state index in [9.17, 15) is 0 Å². The quantitative estimate of drug-likeness (QED) is 0.450. The zero-order valence-corrected chi connectivity index (χ0v) is 16.6. The molecule has 1 aromatic rings. The van der Waals surface area contributed by atoms with E-state index in [2.05, 4.69) is 39.8 Å². The number of halogens is 1. The van der Waals surface area contributed by atoms with E-state index in [1.165, 1.54) is 18.0 Å². The number of unbranched alkanes of at least 4 members (excludes halogenated alkanes) is 2. The Hall–Kier alpha value is 0.350. The topological polar surface area (TPSA) is 0 Å². The smallest absolute Gasteiger partial charge is 0.343 e. The first-order chi connectivity index (χ1) is 7.76. The van der Waals surface area contributed by atoms with Crippen LogP contribution in [0.25, 0.3) is 0 Å². The molecule has 17 heavy (non-hydrogen) atoms. The molecular weight excluding hydrogens is 297 g/mol. The first kappa shape index (κ1) is 22.5. The van der Waals surface area contributed by atoms with E-state index in [0.29, 0.717) is 0 Å². The summed E-state index contributed by atoms with van der Waals surface area (Å²) in [6, 6.07) is 10.2. The number of rotatable bonds is 3. The van der Waals surface area contributed by atoms with Crippen molar-refractivity contribution in [2.45, 2.75) is 39.5 Å². The van der Waals surface area contributed by atoms with Crippen molar-refractivity contribution in [1.82, 2.24) is 0 Å². The molecule has 0 fully saturated rings. The molecule has 0 nitrogen and oxygen atoms in total. The average molecular weight is 322 g/mol. The van der Waals surface area contributed by atoms with Crippen LogP contribution in [0, 0.1) is 13.8 Å². The Morgan fingerprint density at radius 3 is 1.53 bits per heavy atom. The van der Waals surface area contributed by atoms with Gasteiger partial charge in [0.25, 0.3) is 0 Å². The summed E-state index contributed by atoms with van der Waals surface area (Å²) in [7, 11) is -0.437. The summed E-state index contributed by atoms with van der Waals surface area (Å²) >= 11 is 5.67. The fourth-order valence-electron chi connectivity index (χ4n) is 0.567. The predicted octanol–water partition coefficient (Wildman–Crippen LogP) is 3.87. The molecule has 0 N–H and O–H groups in total. The largest absolute Gasteiger partial charge is 2.00 e. The van der Waals surface area contributed by atoms with Crippen molar-refractivity contribution in [1.29, 1.82) is 0 Å². The van der Waals surface area contributed by atoms with Gasteiger partial charge >= 0.3 is 19.5 Å². The molecule has 0 spiro atoms. The van der Waals surface area contributed by atoms with Crippen LogP contribution in [0.4, 0.5) is 0 Å². The van der Waals surface area contributed by atoms with Gasteiger partial charge in [0.05, 0.1) is 0 Å². The molecule has 3 heteroatoms. The minimum Gasteiger partial charge on any atom is -0.343 e. The van der Waals surface area contributed by atoms with Crippen molar-refractivity contribution in [3.8, 4) is 0 Å². The van der Waals surface area contributed by atoms with Crippen molar-refractivity contribution >= 4 is 25.1 Å². The SMILES string of the molecule is Cl[SiH2]c1ccccc1.[CH2-]CCC.[CH2-]CCC.[Zn+2]. The third kappa shape index (κ3) is 22.1. The van der Waals surface area contributed by atoms with Gasteiger partial charge in [-0.2, -0.15) is 23.9 Å². The number of hydrogen-bond donors (Lipinski definition) is 0. The molecule has 0 aliphatic rings. The molecule has 94 valence electrons. The van der Waals surface area contributed by atoms with E-state index in [1.807, 2.05) is 18.2 Å². The second-order valence-corrected chi connectivity index (χ2v) is 5.21. The van der Waals surface area contributed by atoms with Crippen molar-refractivity contribution in [3.63, 3.8) is 0 Å². The van der Waals surface area contributed by atoms with Crippen LogP contribution in [-0.2, 0) is 19.5 Å². The van der Waals surface area contributed by atoms with Crippen LogP contribution in [0.1, 0.15) is 39.5 Å². The molecule has 0 aliphatic heterocycles. The molecular formula is C14H25ClSiZn. The van der Waals surface area contributed by atoms with E-state index in [0.717, 1.165) is 12.8 Å². The maximum atomic E-state index is 5.67. The molecule has 1 rings (SSSR count). The Balaban J connectivity index is -0.000000189. The van der Waals surface area contributed by atoms with E-state index in [-0.39, 0.29) is 19.5 Å². The molecule has 0 heterocycles. The molecule has 1 aromatic carbocycles. The van der Waals surface area contributed by atoms with Crippen LogP contribution in [0.3, 0.4) is 0 Å². The summed E-state index contributed by atoms with van der Waals surface area (Å²) in [6.07, 6.45) is 4.56. The first-order valence-corrected chi connectivity index (χ1v) is 8.79. The molecule has 0 saturated carbocycles. The van der Waals surface area contributed by atoms with Gasteiger partial charge in [-0.05, 0) is 5.19 Å². The van der Waals surface area contributed by atoms with E-state index < -0.39 is 8.83 Å². The van der Waals surface area contributed by atoms with E-state index in [1.54, 1.807) is 0 Å². The minimum atomic E-state index is -0.437. The molecule has 0 saturated heterocycles. The number of hydrogen-bond acceptors (Lipinski definition) is 0. The summed E-state index contributed by atoms with van der Waals surface area (Å²) in [5.74, 6) is 0. The van der Waals surface area contributed by atoms with Crippen molar-refractivity contribution in [2.24, 2.45) is 0 Å². The van der Waals surface area contributed by atoms with Gasteiger partial charge in [-0.25, -0.2) is 0 Å². The van der Waals surface area contributed by atoms with Crippen LogP contribution in [0.15, 0.2) is 30.3 Å². The third-order valence-corrected chi connectivity index (χ3v) is 3.41. The Labute approximate surface area is 128 Å². The fraction of sp³-hybridized carbons (Fsp3) is 0.429. The van der Waals surface area contributed by atoms with Gasteiger partial charge in [0.15, 0.2) is 8.83 Å². The summed E-state index contributed by atoms with van der Waals surface area (Å²) in [6.45, 7) is 11.4. The van der Waals surface area contributed by atoms with Gasteiger partial charge in [0.1, 0.15) is 0 Å². The standard InChI is InChI=1S/C6H7ClSi.2C4H9.Zn/c7-8-6-4-2-1-3-5-6;2*1-3-4-2;/h1-5H,8H2;2*1,3-4H2,2H3;/q;2*-1;+2. The second-order valence-electron chi connectivity index (χ2n) is 3.33. The van der Waals surface area contributed by atoms with Gasteiger partial charge in [-0.1, -0.05) is 57.0 Å². The monoisotopic (exact) mass is 320 g/mol. The molecule has 0 aliphatic carbocycles. The van der Waals surface area contributed by atoms with Crippen LogP contribution >= 0.6 is 11.1 Å². The van der Waals surface area contributed by atoms with Crippen LogP contribution in [-0.4, -0.2) is 8.83 Å². The van der Waals surface area contributed by atoms with Crippen molar-refractivity contribution < 1.29 is 19.5 Å². The van der Waals surface area contributed by atoms with Crippen LogP contribution in [0.2, 0.25) is 0 Å². The maximum absolute atomic E-state index is 5.67. The Morgan fingerprint density at radius 1 is 1.00 bits per heavy atom. The number of benzene rings is 1. The Kier molecular flexibility index (Phi) is 28.6. The average Bonchev–Trinajstić information content (AvgIpc) is 2.40. The summed E-state index contributed by atoms with van der Waals surface area (Å²) in [4.78, 5) is 0. The van der Waals surface area contributed by atoms with Crippen molar-refractivity contribution in [3.05, 3.63) is 44.2 Å². The van der Waals surface area contributed by atoms with E-state index >= 15 is 0 Å². The Bertz CT molecular complexity index is 197. The van der Waals surface area contributed by atoms with E-state index in [4.69, 9.17) is 11.1 Å². The molecule has 0 atom stereocenters. The summed E-state index contributed by atoms with van der Waals surface area (Å²) in [5.41, 5.74) is 0. The first-order valence-electron chi connectivity index (χ1n) is 5.95. The van der Waals surface area contributed by atoms with Gasteiger partial charge in [0, 0.05) is 0 Å². The maximum Gasteiger partial charge on any atom is 2.00 e. The molecule has 0 amide bonds. The summed E-state index contributed by atoms with van der Waals surface area (Å²) in [5, 5.41) is 1.31. The van der Waals surface area contributed by atoms with Gasteiger partial charge in [0.2, 0.25) is 0 Å². The predicted molar refractivity (Wildman–Crippen MR) is 81.0 cm³/mol. The molecule has 0 bridgehead atoms. The minimum absolute atomic E-state index is 0. The molecule has 0 aromatic heterocycles. The third-order valence-electron chi connectivity index (χ3n) is 1.70. The van der Waals surface area contributed by atoms with Gasteiger partial charge in [-0.15, -0.1) is 0 Å². The fourth-order valence-corrected chi connectivity index (χ4v) is 1.55. The van der Waals surface area contributed by atoms with Gasteiger partial charge in [-0.3, -0.25) is 0 Å². The molecule has 0 unspecified atom stereocenters. The zero-order valence-electron chi connectivity index (χ0n) is 11.4. The van der Waals surface area contributed by atoms with Gasteiger partial charge < -0.3 is 13.8 Å². The van der Waals surface area contributed by atoms with Crippen molar-refractivity contribution in [2.75, 3.05) is 0 Å². The normalized spacial score (nSPS) is 8.53. The Morgan fingerprint density at radius 2 is 1.35 bits per heavy atom. The van der Waals surface area contributed by atoms with Crippen LogP contribution in [0.5, 0.6) is 0 Å². The zero-order chi connectivity index (χ0) is 12.6. The molecule has 0 radical (unpaired) electrons. The summed E-state index contributed by atoms with van der Waals surface area (Å²) < 4.78 is 0. The van der Waals surface area contributed by atoms with Crippen LogP contribution < -0.4 is 5.19 Å². The second kappa shape index (κ2) is 21.6.